The molecule has 0 bridgehead atoms. The number of carbonyl (C=O) groups excluding carboxylic acids is 2. The van der Waals surface area contributed by atoms with Crippen LogP contribution in [0.3, 0.4) is 0 Å². The van der Waals surface area contributed by atoms with Gasteiger partial charge in [0.15, 0.2) is 0 Å². The molecule has 0 saturated carbocycles. The Morgan fingerprint density at radius 2 is 2.00 bits per heavy atom. The van der Waals surface area contributed by atoms with Gasteiger partial charge < -0.3 is 14.1 Å². The Bertz CT molecular complexity index is 927. The Kier molecular flexibility index (Phi) is 4.88. The lowest BCUT2D eigenvalue weighted by molar-refractivity contribution is 0.0598. The van der Waals surface area contributed by atoms with Gasteiger partial charge in [-0.05, 0) is 25.1 Å². The number of aryl methyl sites for hydroxylation is 1. The molecule has 0 radical (unpaired) electrons. The average molecular weight is 353 g/mol. The molecule has 1 aromatic carbocycles. The zero-order valence-corrected chi connectivity index (χ0v) is 14.8. The standard InChI is InChI=1S/C19H19N3O4/c1-13-17(19(24)25-3)9-16(26-13)12-21(2)18(23)14-10-20-22(11-14)15-7-5-4-6-8-15/h4-11H,12H2,1-3H3. The van der Waals surface area contributed by atoms with Gasteiger partial charge in [-0.15, -0.1) is 0 Å². The van der Waals surface area contributed by atoms with E-state index in [9.17, 15) is 9.59 Å². The molecule has 0 aliphatic rings. The van der Waals surface area contributed by atoms with E-state index in [1.54, 1.807) is 30.9 Å². The molecule has 7 heteroatoms. The van der Waals surface area contributed by atoms with Crippen molar-refractivity contribution in [1.82, 2.24) is 14.7 Å². The first kappa shape index (κ1) is 17.5. The maximum atomic E-state index is 12.6. The number of rotatable bonds is 5. The molecule has 2 aromatic heterocycles. The van der Waals surface area contributed by atoms with Gasteiger partial charge in [0, 0.05) is 13.2 Å². The van der Waals surface area contributed by atoms with E-state index in [4.69, 9.17) is 9.15 Å². The number of carbonyl (C=O) groups is 2. The molecule has 3 rings (SSSR count). The van der Waals surface area contributed by atoms with E-state index in [1.165, 1.54) is 18.2 Å². The van der Waals surface area contributed by atoms with Gasteiger partial charge in [0.2, 0.25) is 0 Å². The summed E-state index contributed by atoms with van der Waals surface area (Å²) in [4.78, 5) is 25.8. The van der Waals surface area contributed by atoms with Crippen LogP contribution in [0.5, 0.6) is 0 Å². The fraction of sp³-hybridized carbons (Fsp3) is 0.211. The Morgan fingerprint density at radius 1 is 1.27 bits per heavy atom. The molecule has 0 saturated heterocycles. The Balaban J connectivity index is 1.73. The summed E-state index contributed by atoms with van der Waals surface area (Å²) in [7, 11) is 2.98. The van der Waals surface area contributed by atoms with Crippen molar-refractivity contribution < 1.29 is 18.7 Å². The number of methoxy groups -OCH3 is 1. The van der Waals surface area contributed by atoms with Crippen molar-refractivity contribution in [3.63, 3.8) is 0 Å². The number of hydrogen-bond donors (Lipinski definition) is 0. The summed E-state index contributed by atoms with van der Waals surface area (Å²) in [6.45, 7) is 1.91. The number of ether oxygens (including phenoxy) is 1. The number of amides is 1. The minimum Gasteiger partial charge on any atom is -0.465 e. The molecule has 0 spiro atoms. The molecule has 0 fully saturated rings. The van der Waals surface area contributed by atoms with Gasteiger partial charge in [0.25, 0.3) is 5.91 Å². The quantitative estimate of drug-likeness (QED) is 0.659. The molecule has 1 amide bonds. The first-order valence-corrected chi connectivity index (χ1v) is 8.02. The fourth-order valence-electron chi connectivity index (χ4n) is 2.62. The van der Waals surface area contributed by atoms with Crippen LogP contribution in [0.25, 0.3) is 5.69 Å². The van der Waals surface area contributed by atoms with Crippen molar-refractivity contribution >= 4 is 11.9 Å². The summed E-state index contributed by atoms with van der Waals surface area (Å²) >= 11 is 0. The van der Waals surface area contributed by atoms with Crippen LogP contribution in [-0.4, -0.2) is 40.7 Å². The number of esters is 1. The second-order valence-electron chi connectivity index (χ2n) is 5.84. The largest absolute Gasteiger partial charge is 0.465 e. The highest BCUT2D eigenvalue weighted by atomic mass is 16.5. The lowest BCUT2D eigenvalue weighted by Gasteiger charge is -2.14. The normalized spacial score (nSPS) is 10.6. The SMILES string of the molecule is COC(=O)c1cc(CN(C)C(=O)c2cnn(-c3ccccc3)c2)oc1C. The maximum absolute atomic E-state index is 12.6. The van der Waals surface area contributed by atoms with Crippen LogP contribution in [0.1, 0.15) is 32.2 Å². The molecular formula is C19H19N3O4. The summed E-state index contributed by atoms with van der Waals surface area (Å²) in [5.41, 5.74) is 1.70. The predicted octanol–water partition coefficient (Wildman–Crippen LogP) is 2.83. The Labute approximate surface area is 150 Å². The highest BCUT2D eigenvalue weighted by molar-refractivity contribution is 5.93. The molecule has 134 valence electrons. The van der Waals surface area contributed by atoms with Crippen molar-refractivity contribution in [1.29, 1.82) is 0 Å². The van der Waals surface area contributed by atoms with E-state index in [0.29, 0.717) is 22.6 Å². The Hall–Kier alpha value is -3.35. The van der Waals surface area contributed by atoms with Crippen molar-refractivity contribution in [3.05, 3.63) is 71.4 Å². The summed E-state index contributed by atoms with van der Waals surface area (Å²) in [5, 5.41) is 4.23. The first-order valence-electron chi connectivity index (χ1n) is 8.02. The minimum atomic E-state index is -0.462. The smallest absolute Gasteiger partial charge is 0.341 e. The Morgan fingerprint density at radius 3 is 2.69 bits per heavy atom. The average Bonchev–Trinajstić information content (AvgIpc) is 3.28. The molecule has 3 aromatic rings. The predicted molar refractivity (Wildman–Crippen MR) is 94.1 cm³/mol. The number of aromatic nitrogens is 2. The van der Waals surface area contributed by atoms with Gasteiger partial charge >= 0.3 is 5.97 Å². The van der Waals surface area contributed by atoms with Crippen LogP contribution >= 0.6 is 0 Å². The molecular weight excluding hydrogens is 334 g/mol. The third-order valence-electron chi connectivity index (χ3n) is 3.96. The number of furan rings is 1. The number of para-hydroxylation sites is 1. The monoisotopic (exact) mass is 353 g/mol. The maximum Gasteiger partial charge on any atom is 0.341 e. The molecule has 0 aliphatic heterocycles. The van der Waals surface area contributed by atoms with Crippen molar-refractivity contribution in [2.45, 2.75) is 13.5 Å². The molecule has 7 nitrogen and oxygen atoms in total. The summed E-state index contributed by atoms with van der Waals surface area (Å²) in [5.74, 6) is 0.315. The molecule has 0 N–H and O–H groups in total. The second-order valence-corrected chi connectivity index (χ2v) is 5.84. The van der Waals surface area contributed by atoms with E-state index in [1.807, 2.05) is 30.3 Å². The molecule has 0 unspecified atom stereocenters. The molecule has 26 heavy (non-hydrogen) atoms. The van der Waals surface area contributed by atoms with Crippen LogP contribution in [-0.2, 0) is 11.3 Å². The lowest BCUT2D eigenvalue weighted by atomic mass is 10.2. The van der Waals surface area contributed by atoms with Gasteiger partial charge in [-0.25, -0.2) is 9.48 Å². The number of benzene rings is 1. The minimum absolute atomic E-state index is 0.194. The number of nitrogens with zero attached hydrogens (tertiary/aromatic N) is 3. The third-order valence-corrected chi connectivity index (χ3v) is 3.96. The third kappa shape index (κ3) is 3.51. The van der Waals surface area contributed by atoms with E-state index >= 15 is 0 Å². The van der Waals surface area contributed by atoms with Gasteiger partial charge in [0.05, 0.1) is 31.1 Å². The topological polar surface area (TPSA) is 77.6 Å². The van der Waals surface area contributed by atoms with Crippen molar-refractivity contribution in [3.8, 4) is 5.69 Å². The zero-order chi connectivity index (χ0) is 18.7. The van der Waals surface area contributed by atoms with Crippen LogP contribution < -0.4 is 0 Å². The van der Waals surface area contributed by atoms with E-state index in [2.05, 4.69) is 5.10 Å². The van der Waals surface area contributed by atoms with Crippen LogP contribution in [0, 0.1) is 6.92 Å². The summed E-state index contributed by atoms with van der Waals surface area (Å²) in [6.07, 6.45) is 3.21. The van der Waals surface area contributed by atoms with E-state index in [0.717, 1.165) is 5.69 Å². The lowest BCUT2D eigenvalue weighted by Crippen LogP contribution is -2.25. The highest BCUT2D eigenvalue weighted by Gasteiger charge is 2.19. The van der Waals surface area contributed by atoms with Crippen molar-refractivity contribution in [2.75, 3.05) is 14.2 Å². The van der Waals surface area contributed by atoms with Crippen LogP contribution in [0.2, 0.25) is 0 Å². The summed E-state index contributed by atoms with van der Waals surface area (Å²) < 4.78 is 11.9. The summed E-state index contributed by atoms with van der Waals surface area (Å²) in [6, 6.07) is 11.1. The first-order chi connectivity index (χ1) is 12.5. The van der Waals surface area contributed by atoms with Gasteiger partial charge in [-0.2, -0.15) is 5.10 Å². The highest BCUT2D eigenvalue weighted by Crippen LogP contribution is 2.18. The van der Waals surface area contributed by atoms with Gasteiger partial charge in [-0.1, -0.05) is 18.2 Å². The molecule has 0 atom stereocenters. The van der Waals surface area contributed by atoms with E-state index < -0.39 is 5.97 Å². The second kappa shape index (κ2) is 7.26. The molecule has 0 aliphatic carbocycles. The molecule has 2 heterocycles. The van der Waals surface area contributed by atoms with Gasteiger partial charge in [0.1, 0.15) is 17.1 Å². The van der Waals surface area contributed by atoms with Gasteiger partial charge in [-0.3, -0.25) is 4.79 Å². The van der Waals surface area contributed by atoms with E-state index in [-0.39, 0.29) is 12.5 Å². The number of hydrogen-bond acceptors (Lipinski definition) is 5. The van der Waals surface area contributed by atoms with Crippen LogP contribution in [0.15, 0.2) is 53.2 Å². The van der Waals surface area contributed by atoms with Crippen molar-refractivity contribution in [2.24, 2.45) is 0 Å². The van der Waals surface area contributed by atoms with Crippen LogP contribution in [0.4, 0.5) is 0 Å². The fourth-order valence-corrected chi connectivity index (χ4v) is 2.62. The zero-order valence-electron chi connectivity index (χ0n) is 14.8.